The van der Waals surface area contributed by atoms with Crippen molar-refractivity contribution in [2.75, 3.05) is 0 Å². The zero-order chi connectivity index (χ0) is 9.42. The minimum absolute atomic E-state index is 0.556. The number of H-pyrrole nitrogens is 1. The van der Waals surface area contributed by atoms with Crippen LogP contribution in [0.15, 0.2) is 18.5 Å². The maximum absolute atomic E-state index is 4.29. The number of rotatable bonds is 1. The Labute approximate surface area is 78.0 Å². The Bertz CT molecular complexity index is 427. The van der Waals surface area contributed by atoms with Gasteiger partial charge in [0.1, 0.15) is 5.65 Å². The first-order valence-corrected chi connectivity index (χ1v) is 4.62. The molecule has 2 heteroatoms. The molecule has 0 aliphatic rings. The van der Waals surface area contributed by atoms with Gasteiger partial charge >= 0.3 is 0 Å². The molecule has 13 heavy (non-hydrogen) atoms. The minimum atomic E-state index is 0.556. The second kappa shape index (κ2) is 2.87. The molecule has 2 aromatic heterocycles. The normalized spacial score (nSPS) is 11.4. The van der Waals surface area contributed by atoms with Gasteiger partial charge in [-0.25, -0.2) is 4.98 Å². The van der Waals surface area contributed by atoms with Crippen LogP contribution < -0.4 is 0 Å². The summed E-state index contributed by atoms with van der Waals surface area (Å²) in [6.45, 7) is 6.54. The molecule has 0 aliphatic carbocycles. The lowest BCUT2D eigenvalue weighted by Gasteiger charge is -2.06. The van der Waals surface area contributed by atoms with Gasteiger partial charge in [0.25, 0.3) is 0 Å². The van der Waals surface area contributed by atoms with Crippen LogP contribution in [-0.4, -0.2) is 9.97 Å². The maximum Gasteiger partial charge on any atom is 0.137 e. The zero-order valence-electron chi connectivity index (χ0n) is 8.26. The number of nitrogens with one attached hydrogen (secondary N) is 1. The standard InChI is InChI=1S/C11H14N2/c1-7(2)9-4-5-12-11-10(9)8(3)6-13-11/h4-7H,1-3H3,(H,12,13). The minimum Gasteiger partial charge on any atom is -0.346 e. The average Bonchev–Trinajstić information content (AvgIpc) is 2.48. The smallest absolute Gasteiger partial charge is 0.137 e. The SMILES string of the molecule is Cc1c[nH]c2nccc(C(C)C)c12. The van der Waals surface area contributed by atoms with Gasteiger partial charge < -0.3 is 4.98 Å². The van der Waals surface area contributed by atoms with Crippen molar-refractivity contribution >= 4 is 11.0 Å². The van der Waals surface area contributed by atoms with E-state index in [9.17, 15) is 0 Å². The molecule has 2 nitrogen and oxygen atoms in total. The van der Waals surface area contributed by atoms with Gasteiger partial charge in [0.05, 0.1) is 0 Å². The van der Waals surface area contributed by atoms with Gasteiger partial charge in [0.15, 0.2) is 0 Å². The van der Waals surface area contributed by atoms with Gasteiger partial charge in [-0.05, 0) is 30.0 Å². The van der Waals surface area contributed by atoms with E-state index >= 15 is 0 Å². The first-order chi connectivity index (χ1) is 6.20. The molecule has 0 aliphatic heterocycles. The van der Waals surface area contributed by atoms with E-state index in [2.05, 4.69) is 36.8 Å². The maximum atomic E-state index is 4.29. The highest BCUT2D eigenvalue weighted by Gasteiger charge is 2.08. The summed E-state index contributed by atoms with van der Waals surface area (Å²) in [5, 5.41) is 1.29. The highest BCUT2D eigenvalue weighted by Crippen LogP contribution is 2.25. The fraction of sp³-hybridized carbons (Fsp3) is 0.364. The summed E-state index contributed by atoms with van der Waals surface area (Å²) in [5.74, 6) is 0.556. The lowest BCUT2D eigenvalue weighted by molar-refractivity contribution is 0.874. The monoisotopic (exact) mass is 174 g/mol. The lowest BCUT2D eigenvalue weighted by atomic mass is 10.00. The van der Waals surface area contributed by atoms with Crippen molar-refractivity contribution in [2.24, 2.45) is 0 Å². The van der Waals surface area contributed by atoms with Crippen LogP contribution in [0, 0.1) is 6.92 Å². The molecule has 2 rings (SSSR count). The molecule has 0 fully saturated rings. The molecule has 0 amide bonds. The van der Waals surface area contributed by atoms with Gasteiger partial charge in [0, 0.05) is 17.8 Å². The number of aromatic amines is 1. The zero-order valence-corrected chi connectivity index (χ0v) is 8.26. The van der Waals surface area contributed by atoms with Gasteiger partial charge in [-0.3, -0.25) is 0 Å². The van der Waals surface area contributed by atoms with Gasteiger partial charge in [-0.1, -0.05) is 13.8 Å². The molecule has 0 radical (unpaired) electrons. The van der Waals surface area contributed by atoms with Gasteiger partial charge in [0.2, 0.25) is 0 Å². The third kappa shape index (κ3) is 1.22. The van der Waals surface area contributed by atoms with Crippen LogP contribution >= 0.6 is 0 Å². The van der Waals surface area contributed by atoms with Crippen LogP contribution in [0.3, 0.4) is 0 Å². The van der Waals surface area contributed by atoms with Crippen molar-refractivity contribution < 1.29 is 0 Å². The van der Waals surface area contributed by atoms with Crippen molar-refractivity contribution in [3.63, 3.8) is 0 Å². The Morgan fingerprint density at radius 1 is 1.38 bits per heavy atom. The quantitative estimate of drug-likeness (QED) is 0.707. The highest BCUT2D eigenvalue weighted by molar-refractivity contribution is 5.83. The summed E-state index contributed by atoms with van der Waals surface area (Å²) in [5.41, 5.74) is 3.67. The van der Waals surface area contributed by atoms with Crippen LogP contribution in [0.1, 0.15) is 30.9 Å². The molecular formula is C11H14N2. The van der Waals surface area contributed by atoms with E-state index in [0.29, 0.717) is 5.92 Å². The molecule has 0 saturated carbocycles. The van der Waals surface area contributed by atoms with E-state index in [4.69, 9.17) is 0 Å². The number of hydrogen-bond donors (Lipinski definition) is 1. The van der Waals surface area contributed by atoms with Crippen LogP contribution in [0.5, 0.6) is 0 Å². The van der Waals surface area contributed by atoms with E-state index in [1.807, 2.05) is 12.4 Å². The van der Waals surface area contributed by atoms with Crippen molar-refractivity contribution in [2.45, 2.75) is 26.7 Å². The molecule has 0 unspecified atom stereocenters. The van der Waals surface area contributed by atoms with E-state index in [0.717, 1.165) is 5.65 Å². The summed E-state index contributed by atoms with van der Waals surface area (Å²) >= 11 is 0. The van der Waals surface area contributed by atoms with Crippen LogP contribution in [0.4, 0.5) is 0 Å². The fourth-order valence-corrected chi connectivity index (χ4v) is 1.73. The molecule has 0 saturated heterocycles. The number of nitrogens with zero attached hydrogens (tertiary/aromatic N) is 1. The summed E-state index contributed by atoms with van der Waals surface area (Å²) in [7, 11) is 0. The predicted molar refractivity (Wildman–Crippen MR) is 54.9 cm³/mol. The van der Waals surface area contributed by atoms with Crippen LogP contribution in [0.25, 0.3) is 11.0 Å². The second-order valence-corrected chi connectivity index (χ2v) is 3.75. The predicted octanol–water partition coefficient (Wildman–Crippen LogP) is 2.99. The third-order valence-corrected chi connectivity index (χ3v) is 2.42. The van der Waals surface area contributed by atoms with Gasteiger partial charge in [-0.2, -0.15) is 0 Å². The van der Waals surface area contributed by atoms with Crippen molar-refractivity contribution in [3.8, 4) is 0 Å². The molecule has 0 aromatic carbocycles. The van der Waals surface area contributed by atoms with E-state index in [1.54, 1.807) is 0 Å². The molecule has 2 aromatic rings. The number of fused-ring (bicyclic) bond motifs is 1. The second-order valence-electron chi connectivity index (χ2n) is 3.75. The van der Waals surface area contributed by atoms with E-state index in [1.165, 1.54) is 16.5 Å². The first-order valence-electron chi connectivity index (χ1n) is 4.62. The molecule has 0 bridgehead atoms. The van der Waals surface area contributed by atoms with Crippen molar-refractivity contribution in [3.05, 3.63) is 29.6 Å². The van der Waals surface area contributed by atoms with Crippen molar-refractivity contribution in [1.29, 1.82) is 0 Å². The van der Waals surface area contributed by atoms with Gasteiger partial charge in [-0.15, -0.1) is 0 Å². The van der Waals surface area contributed by atoms with E-state index < -0.39 is 0 Å². The summed E-state index contributed by atoms with van der Waals surface area (Å²) in [4.78, 5) is 7.46. The summed E-state index contributed by atoms with van der Waals surface area (Å²) < 4.78 is 0. The average molecular weight is 174 g/mol. The molecular weight excluding hydrogens is 160 g/mol. The lowest BCUT2D eigenvalue weighted by Crippen LogP contribution is -1.90. The number of aryl methyl sites for hydroxylation is 1. The number of aromatic nitrogens is 2. The molecule has 68 valence electrons. The number of hydrogen-bond acceptors (Lipinski definition) is 1. The number of pyridine rings is 1. The van der Waals surface area contributed by atoms with Crippen molar-refractivity contribution in [1.82, 2.24) is 9.97 Å². The molecule has 2 heterocycles. The van der Waals surface area contributed by atoms with Crippen LogP contribution in [0.2, 0.25) is 0 Å². The van der Waals surface area contributed by atoms with E-state index in [-0.39, 0.29) is 0 Å². The molecule has 0 spiro atoms. The largest absolute Gasteiger partial charge is 0.346 e. The summed E-state index contributed by atoms with van der Waals surface area (Å²) in [6.07, 6.45) is 3.89. The third-order valence-electron chi connectivity index (χ3n) is 2.42. The Hall–Kier alpha value is -1.31. The highest BCUT2D eigenvalue weighted by atomic mass is 14.8. The Morgan fingerprint density at radius 3 is 2.85 bits per heavy atom. The fourth-order valence-electron chi connectivity index (χ4n) is 1.73. The van der Waals surface area contributed by atoms with Crippen LogP contribution in [-0.2, 0) is 0 Å². The Balaban J connectivity index is 2.80. The Morgan fingerprint density at radius 2 is 2.15 bits per heavy atom. The summed E-state index contributed by atoms with van der Waals surface area (Å²) in [6, 6.07) is 2.10. The first kappa shape index (κ1) is 8.30. The Kier molecular flexibility index (Phi) is 1.83. The molecule has 0 atom stereocenters. The molecule has 1 N–H and O–H groups in total. The topological polar surface area (TPSA) is 28.7 Å².